The van der Waals surface area contributed by atoms with Gasteiger partial charge in [-0.05, 0) is 48.9 Å². The molecule has 1 aliphatic rings. The molecular formula is C21H27N3O3. The van der Waals surface area contributed by atoms with Crippen molar-refractivity contribution in [1.29, 1.82) is 5.26 Å². The number of carbonyl (C=O) groups excluding carboxylic acids is 3. The Kier molecular flexibility index (Phi) is 6.73. The van der Waals surface area contributed by atoms with Gasteiger partial charge in [-0.15, -0.1) is 0 Å². The van der Waals surface area contributed by atoms with Crippen LogP contribution in [0.2, 0.25) is 0 Å². The number of carbonyl (C=O) groups is 3. The van der Waals surface area contributed by atoms with E-state index in [4.69, 9.17) is 5.26 Å². The fourth-order valence-corrected chi connectivity index (χ4v) is 3.58. The Bertz CT molecular complexity index is 777. The van der Waals surface area contributed by atoms with Gasteiger partial charge in [0.1, 0.15) is 5.78 Å². The Labute approximate surface area is 160 Å². The fourth-order valence-electron chi connectivity index (χ4n) is 3.58. The summed E-state index contributed by atoms with van der Waals surface area (Å²) in [6, 6.07) is 7.66. The quantitative estimate of drug-likeness (QED) is 0.709. The van der Waals surface area contributed by atoms with Gasteiger partial charge in [-0.2, -0.15) is 5.26 Å². The summed E-state index contributed by atoms with van der Waals surface area (Å²) in [7, 11) is 0. The van der Waals surface area contributed by atoms with E-state index in [0.717, 1.165) is 11.3 Å². The minimum absolute atomic E-state index is 0.0720. The fraction of sp³-hybridized carbons (Fsp3) is 0.524. The number of unbranched alkanes of at least 4 members (excludes halogenated alkanes) is 1. The topological polar surface area (TPSA) is 90.3 Å². The normalized spacial score (nSPS) is 13.7. The predicted octanol–water partition coefficient (Wildman–Crippen LogP) is 3.60. The Morgan fingerprint density at radius 3 is 2.67 bits per heavy atom. The first-order valence-corrected chi connectivity index (χ1v) is 9.31. The van der Waals surface area contributed by atoms with Crippen molar-refractivity contribution >= 4 is 29.0 Å². The molecule has 6 nitrogen and oxygen atoms in total. The summed E-state index contributed by atoms with van der Waals surface area (Å²) in [5.74, 6) is 0.0184. The molecule has 2 amide bonds. The Morgan fingerprint density at radius 2 is 2.00 bits per heavy atom. The van der Waals surface area contributed by atoms with Gasteiger partial charge in [-0.1, -0.05) is 13.8 Å². The molecule has 6 heteroatoms. The number of benzene rings is 1. The molecule has 1 heterocycles. The molecule has 0 atom stereocenters. The molecule has 0 aromatic heterocycles. The van der Waals surface area contributed by atoms with Crippen molar-refractivity contribution in [3.8, 4) is 6.07 Å². The lowest BCUT2D eigenvalue weighted by Gasteiger charge is -2.30. The van der Waals surface area contributed by atoms with Crippen LogP contribution >= 0.6 is 0 Å². The van der Waals surface area contributed by atoms with E-state index >= 15 is 0 Å². The zero-order chi connectivity index (χ0) is 20.0. The van der Waals surface area contributed by atoms with E-state index in [1.807, 2.05) is 26.0 Å². The largest absolute Gasteiger partial charge is 0.326 e. The number of nitriles is 1. The van der Waals surface area contributed by atoms with Crippen LogP contribution in [0.5, 0.6) is 0 Å². The molecule has 1 N–H and O–H groups in total. The molecule has 0 unspecified atom stereocenters. The number of fused-ring (bicyclic) bond motifs is 1. The van der Waals surface area contributed by atoms with Crippen LogP contribution in [-0.2, 0) is 20.8 Å². The van der Waals surface area contributed by atoms with Gasteiger partial charge in [0.05, 0.1) is 6.07 Å². The molecule has 27 heavy (non-hydrogen) atoms. The highest BCUT2D eigenvalue weighted by molar-refractivity contribution is 5.97. The predicted molar refractivity (Wildman–Crippen MR) is 104 cm³/mol. The lowest BCUT2D eigenvalue weighted by molar-refractivity contribution is -0.121. The van der Waals surface area contributed by atoms with Crippen LogP contribution in [0, 0.1) is 16.7 Å². The molecule has 0 bridgehead atoms. The highest BCUT2D eigenvalue weighted by Gasteiger charge is 2.26. The zero-order valence-electron chi connectivity index (χ0n) is 16.3. The number of nitrogens with one attached hydrogen (secondary N) is 1. The lowest BCUT2D eigenvalue weighted by atomic mass is 9.84. The molecule has 1 aromatic carbocycles. The highest BCUT2D eigenvalue weighted by Crippen LogP contribution is 2.31. The number of amides is 2. The van der Waals surface area contributed by atoms with E-state index in [1.54, 1.807) is 11.0 Å². The van der Waals surface area contributed by atoms with Crippen LogP contribution in [0.1, 0.15) is 58.4 Å². The van der Waals surface area contributed by atoms with Crippen molar-refractivity contribution in [3.63, 3.8) is 0 Å². The molecule has 0 saturated heterocycles. The van der Waals surface area contributed by atoms with Crippen LogP contribution in [0.15, 0.2) is 18.2 Å². The third-order valence-corrected chi connectivity index (χ3v) is 4.60. The Balaban J connectivity index is 2.07. The van der Waals surface area contributed by atoms with E-state index in [1.165, 1.54) is 6.92 Å². The van der Waals surface area contributed by atoms with Gasteiger partial charge in [-0.3, -0.25) is 9.59 Å². The maximum Gasteiger partial charge on any atom is 0.227 e. The standard InChI is InChI=1S/C21H27N3O3/c1-15(25)13-21(2,3)14-19(26)23-17-7-8-18-16(12-17)6-9-20(27)24(18)11-5-4-10-22/h7-8,12H,4-6,9,11,13-14H2,1-3H3,(H,23,26). The maximum atomic E-state index is 12.4. The molecular weight excluding hydrogens is 342 g/mol. The molecule has 0 saturated carbocycles. The summed E-state index contributed by atoms with van der Waals surface area (Å²) in [5, 5.41) is 11.6. The summed E-state index contributed by atoms with van der Waals surface area (Å²) in [5.41, 5.74) is 2.20. The van der Waals surface area contributed by atoms with Crippen LogP contribution in [0.4, 0.5) is 11.4 Å². The molecule has 0 fully saturated rings. The monoisotopic (exact) mass is 369 g/mol. The number of hydrogen-bond acceptors (Lipinski definition) is 4. The van der Waals surface area contributed by atoms with Gasteiger partial charge < -0.3 is 15.0 Å². The van der Waals surface area contributed by atoms with Crippen molar-refractivity contribution in [2.24, 2.45) is 5.41 Å². The number of anilines is 2. The Hall–Kier alpha value is -2.68. The summed E-state index contributed by atoms with van der Waals surface area (Å²) in [6.07, 6.45) is 2.77. The van der Waals surface area contributed by atoms with E-state index in [9.17, 15) is 14.4 Å². The molecule has 144 valence electrons. The first kappa shape index (κ1) is 20.6. The second kappa shape index (κ2) is 8.81. The van der Waals surface area contributed by atoms with Crippen molar-refractivity contribution in [2.45, 2.75) is 59.3 Å². The van der Waals surface area contributed by atoms with Crippen molar-refractivity contribution in [2.75, 3.05) is 16.8 Å². The second-order valence-electron chi connectivity index (χ2n) is 7.92. The number of Topliss-reactive ketones (excluding diaryl/α,β-unsaturated/α-hetero) is 1. The number of aryl methyl sites for hydroxylation is 1. The van der Waals surface area contributed by atoms with E-state index < -0.39 is 0 Å². The van der Waals surface area contributed by atoms with Gasteiger partial charge in [0.25, 0.3) is 0 Å². The second-order valence-corrected chi connectivity index (χ2v) is 7.92. The summed E-state index contributed by atoms with van der Waals surface area (Å²) in [6.45, 7) is 5.88. The van der Waals surface area contributed by atoms with Crippen LogP contribution in [0.25, 0.3) is 0 Å². The first-order chi connectivity index (χ1) is 12.7. The molecule has 0 radical (unpaired) electrons. The van der Waals surface area contributed by atoms with Gasteiger partial charge >= 0.3 is 0 Å². The summed E-state index contributed by atoms with van der Waals surface area (Å²) < 4.78 is 0. The van der Waals surface area contributed by atoms with Crippen LogP contribution in [-0.4, -0.2) is 24.1 Å². The lowest BCUT2D eigenvalue weighted by Crippen LogP contribution is -2.35. The number of hydrogen-bond donors (Lipinski definition) is 1. The minimum atomic E-state index is -0.381. The van der Waals surface area contributed by atoms with Crippen molar-refractivity contribution in [3.05, 3.63) is 23.8 Å². The third-order valence-electron chi connectivity index (χ3n) is 4.60. The van der Waals surface area contributed by atoms with Crippen LogP contribution < -0.4 is 10.2 Å². The zero-order valence-corrected chi connectivity index (χ0v) is 16.3. The SMILES string of the molecule is CC(=O)CC(C)(C)CC(=O)Nc1ccc2c(c1)CCC(=O)N2CCCC#N. The first-order valence-electron chi connectivity index (χ1n) is 9.31. The van der Waals surface area contributed by atoms with Gasteiger partial charge in [-0.25, -0.2) is 0 Å². The molecule has 1 aromatic rings. The highest BCUT2D eigenvalue weighted by atomic mass is 16.2. The van der Waals surface area contributed by atoms with Gasteiger partial charge in [0.2, 0.25) is 11.8 Å². The number of ketones is 1. The number of rotatable bonds is 8. The average molecular weight is 369 g/mol. The number of nitrogens with zero attached hydrogens (tertiary/aromatic N) is 2. The average Bonchev–Trinajstić information content (AvgIpc) is 2.55. The summed E-state index contributed by atoms with van der Waals surface area (Å²) >= 11 is 0. The van der Waals surface area contributed by atoms with Gasteiger partial charge in [0.15, 0.2) is 0 Å². The van der Waals surface area contributed by atoms with E-state index in [2.05, 4.69) is 11.4 Å². The minimum Gasteiger partial charge on any atom is -0.326 e. The maximum absolute atomic E-state index is 12.4. The van der Waals surface area contributed by atoms with E-state index in [0.29, 0.717) is 44.3 Å². The van der Waals surface area contributed by atoms with Crippen molar-refractivity contribution < 1.29 is 14.4 Å². The molecule has 1 aliphatic heterocycles. The van der Waals surface area contributed by atoms with Crippen molar-refractivity contribution in [1.82, 2.24) is 0 Å². The smallest absolute Gasteiger partial charge is 0.227 e. The van der Waals surface area contributed by atoms with Crippen LogP contribution in [0.3, 0.4) is 0 Å². The van der Waals surface area contributed by atoms with Gasteiger partial charge in [0, 0.05) is 43.6 Å². The molecule has 0 spiro atoms. The third kappa shape index (κ3) is 5.92. The molecule has 0 aliphatic carbocycles. The Morgan fingerprint density at radius 1 is 1.26 bits per heavy atom. The molecule has 2 rings (SSSR count). The summed E-state index contributed by atoms with van der Waals surface area (Å²) in [4.78, 5) is 37.6. The van der Waals surface area contributed by atoms with E-state index in [-0.39, 0.29) is 29.4 Å².